The summed E-state index contributed by atoms with van der Waals surface area (Å²) in [5.41, 5.74) is 10.7. The van der Waals surface area contributed by atoms with Crippen molar-refractivity contribution in [3.63, 3.8) is 0 Å². The summed E-state index contributed by atoms with van der Waals surface area (Å²) in [7, 11) is -1.83. The monoisotopic (exact) mass is 457 g/mol. The van der Waals surface area contributed by atoms with E-state index >= 15 is 0 Å². The first kappa shape index (κ1) is 21.5. The molecule has 0 amide bonds. The molecule has 0 spiro atoms. The fourth-order valence-corrected chi connectivity index (χ4v) is 5.25. The number of rotatable bonds is 6. The van der Waals surface area contributed by atoms with Crippen LogP contribution in [0.5, 0.6) is 0 Å². The smallest absolute Gasteiger partial charge is 0.307 e. The Morgan fingerprint density at radius 3 is 2.65 bits per heavy atom. The fourth-order valence-electron chi connectivity index (χ4n) is 3.59. The van der Waals surface area contributed by atoms with Gasteiger partial charge in [-0.1, -0.05) is 12.1 Å². The zero-order valence-corrected chi connectivity index (χ0v) is 18.8. The van der Waals surface area contributed by atoms with Gasteiger partial charge in [0.25, 0.3) is 0 Å². The molecule has 4 rings (SSSR count). The van der Waals surface area contributed by atoms with E-state index in [9.17, 15) is 13.2 Å². The van der Waals surface area contributed by atoms with E-state index in [4.69, 9.17) is 10.5 Å². The number of aromatic nitrogens is 1. The molecule has 1 aliphatic rings. The van der Waals surface area contributed by atoms with Crippen LogP contribution in [0.2, 0.25) is 0 Å². The molecule has 0 fully saturated rings. The van der Waals surface area contributed by atoms with Crippen LogP contribution >= 0.6 is 11.8 Å². The van der Waals surface area contributed by atoms with Gasteiger partial charge in [-0.05, 0) is 47.9 Å². The van der Waals surface area contributed by atoms with E-state index < -0.39 is 9.84 Å². The number of methoxy groups -OCH3 is 1. The first-order valence-corrected chi connectivity index (χ1v) is 12.6. The highest BCUT2D eigenvalue weighted by atomic mass is 32.2. The molecule has 0 bridgehead atoms. The number of ether oxygens (including phenoxy) is 1. The Bertz CT molecular complexity index is 1280. The van der Waals surface area contributed by atoms with Crippen molar-refractivity contribution in [1.82, 2.24) is 4.98 Å². The van der Waals surface area contributed by atoms with E-state index in [0.717, 1.165) is 38.5 Å². The van der Waals surface area contributed by atoms with Crippen molar-refractivity contribution < 1.29 is 17.9 Å². The van der Waals surface area contributed by atoms with E-state index in [0.29, 0.717) is 17.0 Å². The van der Waals surface area contributed by atoms with Crippen molar-refractivity contribution in [2.24, 2.45) is 4.99 Å². The van der Waals surface area contributed by atoms with E-state index in [-0.39, 0.29) is 18.4 Å². The molecule has 7 nitrogen and oxygen atoms in total. The van der Waals surface area contributed by atoms with E-state index in [1.807, 2.05) is 24.3 Å². The van der Waals surface area contributed by atoms with Crippen LogP contribution in [-0.2, 0) is 25.8 Å². The van der Waals surface area contributed by atoms with Crippen LogP contribution < -0.4 is 5.73 Å². The van der Waals surface area contributed by atoms with Crippen molar-refractivity contribution in [2.75, 3.05) is 24.9 Å². The van der Waals surface area contributed by atoms with Gasteiger partial charge in [0.15, 0.2) is 9.84 Å². The molecule has 162 valence electrons. The molecule has 0 aliphatic carbocycles. The summed E-state index contributed by atoms with van der Waals surface area (Å²) in [6.45, 7) is 0. The average molecular weight is 458 g/mol. The molecule has 3 N–H and O–H groups in total. The number of nitrogen functional groups attached to an aromatic ring is 1. The number of aliphatic imine (C=N–C) groups is 1. The quantitative estimate of drug-likeness (QED) is 0.434. The van der Waals surface area contributed by atoms with Crippen molar-refractivity contribution in [2.45, 2.75) is 23.8 Å². The maximum Gasteiger partial charge on any atom is 0.307 e. The lowest BCUT2D eigenvalue weighted by atomic mass is 10.0. The van der Waals surface area contributed by atoms with Crippen LogP contribution in [0, 0.1) is 0 Å². The van der Waals surface area contributed by atoms with Crippen molar-refractivity contribution in [1.29, 1.82) is 0 Å². The van der Waals surface area contributed by atoms with Crippen molar-refractivity contribution >= 4 is 49.2 Å². The second-order valence-corrected chi connectivity index (χ2v) is 10.6. The van der Waals surface area contributed by atoms with Gasteiger partial charge in [-0.15, -0.1) is 11.8 Å². The number of anilines is 1. The van der Waals surface area contributed by atoms with E-state index in [1.165, 1.54) is 13.4 Å². The Morgan fingerprint density at radius 1 is 1.23 bits per heavy atom. The second-order valence-electron chi connectivity index (χ2n) is 7.60. The topological polar surface area (TPSA) is 115 Å². The molecule has 2 heterocycles. The number of carbonyl (C=O) groups is 1. The molecule has 2 aromatic carbocycles. The third-order valence-corrected chi connectivity index (χ3v) is 7.43. The molecule has 3 aromatic rings. The standard InChI is InChI=1S/C22H23N3O4S2/c1-29-20(26)11-16-12-30-22(24-16)19-10-15-8-14(9-18(23)21(15)25-19)7-13-3-5-17(6-4-13)31(2,27)28/h3-6,8-10,16,25H,7,11-12,23H2,1-2H3/t16-/m1/s1. The lowest BCUT2D eigenvalue weighted by Crippen LogP contribution is -2.12. The van der Waals surface area contributed by atoms with Gasteiger partial charge in [-0.3, -0.25) is 9.79 Å². The minimum Gasteiger partial charge on any atom is -0.469 e. The number of nitrogens with one attached hydrogen (secondary N) is 1. The van der Waals surface area contributed by atoms with Crippen LogP contribution in [0.4, 0.5) is 5.69 Å². The zero-order chi connectivity index (χ0) is 22.2. The number of nitrogens with two attached hydrogens (primary N) is 1. The summed E-state index contributed by atoms with van der Waals surface area (Å²) in [6, 6.07) is 12.8. The van der Waals surface area contributed by atoms with Crippen LogP contribution in [-0.4, -0.2) is 49.6 Å². The maximum absolute atomic E-state index is 11.6. The van der Waals surface area contributed by atoms with E-state index in [1.54, 1.807) is 23.9 Å². The Labute approximate surface area is 185 Å². The minimum absolute atomic E-state index is 0.0818. The third kappa shape index (κ3) is 4.77. The molecular weight excluding hydrogens is 434 g/mol. The number of hydrogen-bond donors (Lipinski definition) is 2. The number of H-pyrrole nitrogens is 1. The lowest BCUT2D eigenvalue weighted by molar-refractivity contribution is -0.140. The molecule has 1 aromatic heterocycles. The van der Waals surface area contributed by atoms with Gasteiger partial charge in [0, 0.05) is 17.4 Å². The average Bonchev–Trinajstić information content (AvgIpc) is 3.35. The number of carbonyl (C=O) groups excluding carboxylic acids is 1. The van der Waals surface area contributed by atoms with Gasteiger partial charge in [0.1, 0.15) is 5.04 Å². The van der Waals surface area contributed by atoms with Gasteiger partial charge in [0.05, 0.1) is 41.4 Å². The van der Waals surface area contributed by atoms with Crippen molar-refractivity contribution in [3.05, 3.63) is 59.3 Å². The Hall–Kier alpha value is -2.78. The number of hydrogen-bond acceptors (Lipinski definition) is 7. The highest BCUT2D eigenvalue weighted by Crippen LogP contribution is 2.30. The number of fused-ring (bicyclic) bond motifs is 1. The number of benzene rings is 2. The van der Waals surface area contributed by atoms with Crippen LogP contribution in [0.25, 0.3) is 10.9 Å². The number of sulfone groups is 1. The SMILES string of the molecule is COC(=O)C[C@@H]1CSC(c2cc3cc(Cc4ccc(S(C)(=O)=O)cc4)cc(N)c3[nH]2)=N1. The van der Waals surface area contributed by atoms with Gasteiger partial charge in [-0.25, -0.2) is 8.42 Å². The van der Waals surface area contributed by atoms with Crippen LogP contribution in [0.1, 0.15) is 23.2 Å². The molecule has 0 unspecified atom stereocenters. The van der Waals surface area contributed by atoms with Gasteiger partial charge < -0.3 is 15.5 Å². The predicted octanol–water partition coefficient (Wildman–Crippen LogP) is 3.17. The molecule has 0 saturated carbocycles. The van der Waals surface area contributed by atoms with Crippen LogP contribution in [0.15, 0.2) is 52.4 Å². The fraction of sp³-hybridized carbons (Fsp3) is 0.273. The number of aromatic amines is 1. The minimum atomic E-state index is -3.21. The first-order valence-electron chi connectivity index (χ1n) is 9.71. The van der Waals surface area contributed by atoms with Gasteiger partial charge in [-0.2, -0.15) is 0 Å². The second kappa shape index (κ2) is 8.39. The molecular formula is C22H23N3O4S2. The molecule has 0 radical (unpaired) electrons. The summed E-state index contributed by atoms with van der Waals surface area (Å²) in [5, 5.41) is 1.85. The summed E-state index contributed by atoms with van der Waals surface area (Å²) in [4.78, 5) is 19.8. The summed E-state index contributed by atoms with van der Waals surface area (Å²) >= 11 is 1.61. The number of thioether (sulfide) groups is 1. The third-order valence-electron chi connectivity index (χ3n) is 5.15. The Kier molecular flexibility index (Phi) is 5.81. The Balaban J connectivity index is 1.57. The molecule has 0 saturated heterocycles. The maximum atomic E-state index is 11.6. The molecule has 1 atom stereocenters. The predicted molar refractivity (Wildman–Crippen MR) is 124 cm³/mol. The molecule has 9 heteroatoms. The van der Waals surface area contributed by atoms with Gasteiger partial charge >= 0.3 is 5.97 Å². The van der Waals surface area contributed by atoms with Crippen molar-refractivity contribution in [3.8, 4) is 0 Å². The summed E-state index contributed by atoms with van der Waals surface area (Å²) in [5.74, 6) is 0.481. The largest absolute Gasteiger partial charge is 0.469 e. The summed E-state index contributed by atoms with van der Waals surface area (Å²) in [6.07, 6.45) is 2.12. The number of esters is 1. The Morgan fingerprint density at radius 2 is 1.97 bits per heavy atom. The van der Waals surface area contributed by atoms with Crippen LogP contribution in [0.3, 0.4) is 0 Å². The molecule has 31 heavy (non-hydrogen) atoms. The zero-order valence-electron chi connectivity index (χ0n) is 17.2. The summed E-state index contributed by atoms with van der Waals surface area (Å²) < 4.78 is 28.0. The lowest BCUT2D eigenvalue weighted by Gasteiger charge is -2.06. The first-order chi connectivity index (χ1) is 14.7. The highest BCUT2D eigenvalue weighted by molar-refractivity contribution is 8.14. The van der Waals surface area contributed by atoms with Gasteiger partial charge in [0.2, 0.25) is 0 Å². The highest BCUT2D eigenvalue weighted by Gasteiger charge is 2.23. The molecule has 1 aliphatic heterocycles. The normalized spacial score (nSPS) is 16.5. The number of nitrogens with zero attached hydrogens (tertiary/aromatic N) is 1. The van der Waals surface area contributed by atoms with E-state index in [2.05, 4.69) is 16.0 Å².